The lowest BCUT2D eigenvalue weighted by atomic mass is 10.1. The van der Waals surface area contributed by atoms with E-state index in [1.165, 1.54) is 0 Å². The van der Waals surface area contributed by atoms with Gasteiger partial charge in [-0.1, -0.05) is 19.9 Å². The minimum Gasteiger partial charge on any atom is -0.478 e. The topological polar surface area (TPSA) is 68.0 Å². The highest BCUT2D eigenvalue weighted by Crippen LogP contribution is 2.18. The molecular formula is C14H17N3O2. The highest BCUT2D eigenvalue weighted by molar-refractivity contribution is 5.92. The summed E-state index contributed by atoms with van der Waals surface area (Å²) < 4.78 is 1.65. The van der Waals surface area contributed by atoms with Gasteiger partial charge in [0, 0.05) is 12.8 Å². The lowest BCUT2D eigenvalue weighted by molar-refractivity contribution is 0.0696. The molecular weight excluding hydrogens is 242 g/mol. The molecule has 0 aliphatic carbocycles. The summed E-state index contributed by atoms with van der Waals surface area (Å²) >= 11 is 0. The van der Waals surface area contributed by atoms with Crippen molar-refractivity contribution in [2.75, 3.05) is 0 Å². The number of rotatable bonds is 4. The summed E-state index contributed by atoms with van der Waals surface area (Å²) in [6.07, 6.45) is 1.44. The molecule has 0 saturated carbocycles. The molecule has 1 heterocycles. The first kappa shape index (κ1) is 13.3. The number of hydrogen-bond acceptors (Lipinski definition) is 3. The van der Waals surface area contributed by atoms with Crippen molar-refractivity contribution in [3.63, 3.8) is 0 Å². The van der Waals surface area contributed by atoms with Gasteiger partial charge in [-0.05, 0) is 24.6 Å². The number of nitrogens with zero attached hydrogens (tertiary/aromatic N) is 3. The molecule has 0 fully saturated rings. The molecule has 100 valence electrons. The van der Waals surface area contributed by atoms with Crippen LogP contribution in [0.1, 0.15) is 41.4 Å². The molecule has 0 bridgehead atoms. The van der Waals surface area contributed by atoms with Crippen LogP contribution in [0.15, 0.2) is 18.2 Å². The number of aromatic carboxylic acids is 1. The first-order valence-electron chi connectivity index (χ1n) is 6.36. The molecule has 1 aromatic heterocycles. The number of hydrogen-bond donors (Lipinski definition) is 1. The second kappa shape index (κ2) is 5.22. The first-order chi connectivity index (χ1) is 9.06. The van der Waals surface area contributed by atoms with Gasteiger partial charge in [0.15, 0.2) is 5.82 Å². The molecule has 0 spiro atoms. The lowest BCUT2D eigenvalue weighted by Crippen LogP contribution is -2.09. The van der Waals surface area contributed by atoms with Gasteiger partial charge in [-0.15, -0.1) is 0 Å². The molecule has 1 aromatic carbocycles. The molecule has 5 nitrogen and oxygen atoms in total. The van der Waals surface area contributed by atoms with E-state index < -0.39 is 5.97 Å². The van der Waals surface area contributed by atoms with E-state index in [1.807, 2.05) is 26.8 Å². The van der Waals surface area contributed by atoms with E-state index in [2.05, 4.69) is 10.1 Å². The third-order valence-corrected chi connectivity index (χ3v) is 2.96. The Bertz CT molecular complexity index is 617. The van der Waals surface area contributed by atoms with Gasteiger partial charge >= 0.3 is 5.97 Å². The minimum absolute atomic E-state index is 0.243. The van der Waals surface area contributed by atoms with Gasteiger partial charge in [-0.3, -0.25) is 0 Å². The summed E-state index contributed by atoms with van der Waals surface area (Å²) in [4.78, 5) is 15.7. The highest BCUT2D eigenvalue weighted by atomic mass is 16.4. The maximum absolute atomic E-state index is 11.3. The Morgan fingerprint density at radius 3 is 2.63 bits per heavy atom. The summed E-state index contributed by atoms with van der Waals surface area (Å²) in [5, 5.41) is 13.7. The molecule has 2 aromatic rings. The summed E-state index contributed by atoms with van der Waals surface area (Å²) in [5.41, 5.74) is 1.82. The van der Waals surface area contributed by atoms with E-state index in [0.29, 0.717) is 12.1 Å². The Morgan fingerprint density at radius 1 is 1.32 bits per heavy atom. The van der Waals surface area contributed by atoms with Crippen LogP contribution in [-0.2, 0) is 12.8 Å². The van der Waals surface area contributed by atoms with E-state index in [4.69, 9.17) is 0 Å². The molecule has 0 radical (unpaired) electrons. The van der Waals surface area contributed by atoms with Crippen molar-refractivity contribution >= 4 is 5.97 Å². The van der Waals surface area contributed by atoms with Crippen LogP contribution in [0.25, 0.3) is 5.69 Å². The molecule has 0 amide bonds. The summed E-state index contributed by atoms with van der Waals surface area (Å²) in [7, 11) is 0. The average Bonchev–Trinajstić information content (AvgIpc) is 2.81. The summed E-state index contributed by atoms with van der Waals surface area (Å²) in [5.74, 6) is 0.560. The number of benzene rings is 1. The molecule has 0 saturated heterocycles. The fraction of sp³-hybridized carbons (Fsp3) is 0.357. The van der Waals surface area contributed by atoms with E-state index in [0.717, 1.165) is 23.6 Å². The van der Waals surface area contributed by atoms with Crippen molar-refractivity contribution in [2.45, 2.75) is 33.6 Å². The molecule has 1 N–H and O–H groups in total. The Morgan fingerprint density at radius 2 is 2.05 bits per heavy atom. The smallest absolute Gasteiger partial charge is 0.337 e. The highest BCUT2D eigenvalue weighted by Gasteiger charge is 2.16. The molecule has 0 aliphatic heterocycles. The van der Waals surface area contributed by atoms with Gasteiger partial charge in [-0.2, -0.15) is 5.10 Å². The van der Waals surface area contributed by atoms with Crippen molar-refractivity contribution in [2.24, 2.45) is 0 Å². The Hall–Kier alpha value is -2.17. The van der Waals surface area contributed by atoms with Crippen LogP contribution in [0, 0.1) is 6.92 Å². The second-order valence-electron chi connectivity index (χ2n) is 4.39. The molecule has 5 heteroatoms. The fourth-order valence-corrected chi connectivity index (χ4v) is 1.96. The number of aryl methyl sites for hydroxylation is 3. The summed E-state index contributed by atoms with van der Waals surface area (Å²) in [6.45, 7) is 5.89. The molecule has 19 heavy (non-hydrogen) atoms. The van der Waals surface area contributed by atoms with Gasteiger partial charge in [0.05, 0.1) is 11.3 Å². The quantitative estimate of drug-likeness (QED) is 0.915. The van der Waals surface area contributed by atoms with Crippen molar-refractivity contribution in [3.8, 4) is 5.69 Å². The van der Waals surface area contributed by atoms with Crippen LogP contribution in [-0.4, -0.2) is 25.8 Å². The third kappa shape index (κ3) is 2.50. The maximum Gasteiger partial charge on any atom is 0.337 e. The standard InChI is InChI=1S/C14H17N3O2/c1-4-12-15-13(5-2)17(16-12)11-8-9(3)6-7-10(11)14(18)19/h6-8H,4-5H2,1-3H3,(H,18,19). The van der Waals surface area contributed by atoms with E-state index in [-0.39, 0.29) is 5.56 Å². The van der Waals surface area contributed by atoms with Crippen LogP contribution in [0.4, 0.5) is 0 Å². The zero-order chi connectivity index (χ0) is 14.0. The third-order valence-electron chi connectivity index (χ3n) is 2.96. The van der Waals surface area contributed by atoms with Crippen LogP contribution < -0.4 is 0 Å². The Kier molecular flexibility index (Phi) is 3.64. The number of carbonyl (C=O) groups is 1. The zero-order valence-corrected chi connectivity index (χ0v) is 11.3. The monoisotopic (exact) mass is 259 g/mol. The van der Waals surface area contributed by atoms with Crippen molar-refractivity contribution < 1.29 is 9.90 Å². The van der Waals surface area contributed by atoms with Crippen molar-refractivity contribution in [1.82, 2.24) is 14.8 Å². The fourth-order valence-electron chi connectivity index (χ4n) is 1.96. The minimum atomic E-state index is -0.953. The molecule has 0 atom stereocenters. The van der Waals surface area contributed by atoms with Gasteiger partial charge in [-0.25, -0.2) is 14.5 Å². The van der Waals surface area contributed by atoms with Gasteiger partial charge in [0.2, 0.25) is 0 Å². The number of aromatic nitrogens is 3. The lowest BCUT2D eigenvalue weighted by Gasteiger charge is -2.09. The maximum atomic E-state index is 11.3. The molecule has 0 aliphatic rings. The molecule has 2 rings (SSSR count). The largest absolute Gasteiger partial charge is 0.478 e. The van der Waals surface area contributed by atoms with Crippen LogP contribution in [0.3, 0.4) is 0 Å². The summed E-state index contributed by atoms with van der Waals surface area (Å²) in [6, 6.07) is 5.23. The first-order valence-corrected chi connectivity index (χ1v) is 6.36. The van der Waals surface area contributed by atoms with Crippen LogP contribution in [0.2, 0.25) is 0 Å². The van der Waals surface area contributed by atoms with Crippen LogP contribution >= 0.6 is 0 Å². The van der Waals surface area contributed by atoms with Gasteiger partial charge in [0.25, 0.3) is 0 Å². The normalized spacial score (nSPS) is 10.7. The van der Waals surface area contributed by atoms with Crippen molar-refractivity contribution in [1.29, 1.82) is 0 Å². The van der Waals surface area contributed by atoms with E-state index in [1.54, 1.807) is 16.8 Å². The Balaban J connectivity index is 2.66. The van der Waals surface area contributed by atoms with Crippen LogP contribution in [0.5, 0.6) is 0 Å². The second-order valence-corrected chi connectivity index (χ2v) is 4.39. The average molecular weight is 259 g/mol. The zero-order valence-electron chi connectivity index (χ0n) is 11.3. The van der Waals surface area contributed by atoms with E-state index >= 15 is 0 Å². The predicted molar refractivity (Wildman–Crippen MR) is 71.8 cm³/mol. The molecule has 0 unspecified atom stereocenters. The van der Waals surface area contributed by atoms with Gasteiger partial charge < -0.3 is 5.11 Å². The SMILES string of the molecule is CCc1nc(CC)n(-c2cc(C)ccc2C(=O)O)n1. The van der Waals surface area contributed by atoms with Gasteiger partial charge in [0.1, 0.15) is 5.82 Å². The number of carboxylic acid groups (broad SMARTS) is 1. The van der Waals surface area contributed by atoms with Crippen molar-refractivity contribution in [3.05, 3.63) is 41.0 Å². The van der Waals surface area contributed by atoms with E-state index in [9.17, 15) is 9.90 Å². The predicted octanol–water partition coefficient (Wildman–Crippen LogP) is 2.40. The number of carboxylic acids is 1. The Labute approximate surface area is 111 Å².